The lowest BCUT2D eigenvalue weighted by Crippen LogP contribution is -2.33. The maximum Gasteiger partial charge on any atom is 0.285 e. The fourth-order valence-electron chi connectivity index (χ4n) is 16.9. The van der Waals surface area contributed by atoms with Crippen LogP contribution in [0.25, 0.3) is 10.9 Å². The number of hydrogen-bond acceptors (Lipinski definition) is 14. The number of ether oxygens (including phenoxy) is 8. The second-order valence-corrected chi connectivity index (χ2v) is 36.6. The van der Waals surface area contributed by atoms with E-state index in [-0.39, 0.29) is 56.9 Å². The molecule has 0 aliphatic carbocycles. The van der Waals surface area contributed by atoms with Gasteiger partial charge in [-0.3, -0.25) is 4.98 Å². The lowest BCUT2D eigenvalue weighted by Gasteiger charge is -2.33. The summed E-state index contributed by atoms with van der Waals surface area (Å²) in [5.74, 6) is 8.27. The molecule has 1 N–H and O–H groups in total. The van der Waals surface area contributed by atoms with Gasteiger partial charge < -0.3 is 62.8 Å². The third-order valence-corrected chi connectivity index (χ3v) is 25.3. The summed E-state index contributed by atoms with van der Waals surface area (Å²) >= 11 is 25.3. The molecule has 9 aromatic rings. The average molecular weight is 1850 g/mol. The molecule has 0 radical (unpaired) electrons. The van der Waals surface area contributed by atoms with E-state index in [0.29, 0.717) is 57.8 Å². The smallest absolute Gasteiger partial charge is 0.285 e. The minimum Gasteiger partial charge on any atom is -0.493 e. The molecule has 0 spiro atoms. The van der Waals surface area contributed by atoms with Gasteiger partial charge in [0.05, 0.1) is 93.4 Å². The molecule has 8 aromatic carbocycles. The van der Waals surface area contributed by atoms with E-state index in [1.54, 1.807) is 6.07 Å². The number of alkyl halides is 2. The summed E-state index contributed by atoms with van der Waals surface area (Å²) in [6.45, 7) is 57.2. The maximum atomic E-state index is 13.2. The second kappa shape index (κ2) is 50.8. The van der Waals surface area contributed by atoms with Crippen LogP contribution < -0.4 is 62.8 Å². The quantitative estimate of drug-likeness (QED) is 0.140. The summed E-state index contributed by atoms with van der Waals surface area (Å²) in [7, 11) is 4.19. The van der Waals surface area contributed by atoms with E-state index in [1.807, 2.05) is 38.2 Å². The number of likely N-dealkylation sites (N-methyl/N-ethyl adjacent to an activating group) is 4. The molecule has 0 amide bonds. The SMILES string of the molecule is C.C.C.C.C.C.CC(C)c1ccc2c(c1Cl)CC(F)(F)CO2.CC(C)c1ccc2c(c1Cl)N(C)CCO2.CC(C)c1ccc2c(c1Cl)OCCC2.CC(C)c1ccc2c3c(ccnc13)CCO2.CCN1CCOc2ccc(C(C)C)c(C)c21.CCN1CCOc2ccc(C(C)C)c(Cl)c21.Cc1c(C(C)C)ccc2c1N(C)CCO2.Cc1c(C(C)C)ccc2c1NCCO2. The predicted molar refractivity (Wildman–Crippen MR) is 550 cm³/mol. The van der Waals surface area contributed by atoms with Gasteiger partial charge in [-0.15, -0.1) is 0 Å². The van der Waals surface area contributed by atoms with E-state index in [1.165, 1.54) is 89.2 Å². The number of nitrogens with one attached hydrogen (secondary N) is 1. The zero-order valence-corrected chi connectivity index (χ0v) is 79.7. The van der Waals surface area contributed by atoms with Crippen LogP contribution in [0.3, 0.4) is 0 Å². The molecule has 9 heterocycles. The lowest BCUT2D eigenvalue weighted by atomic mass is 9.95. The fourth-order valence-corrected chi connectivity index (χ4v) is 18.8. The monoisotopic (exact) mass is 1850 g/mol. The summed E-state index contributed by atoms with van der Waals surface area (Å²) in [6.07, 6.45) is 4.77. The van der Waals surface area contributed by atoms with E-state index in [9.17, 15) is 8.78 Å². The van der Waals surface area contributed by atoms with Gasteiger partial charge in [-0.05, 0) is 216 Å². The Hall–Kier alpha value is -8.41. The Morgan fingerprint density at radius 3 is 1.29 bits per heavy atom. The highest BCUT2D eigenvalue weighted by Crippen LogP contribution is 2.48. The van der Waals surface area contributed by atoms with Crippen LogP contribution in [-0.4, -0.2) is 124 Å². The van der Waals surface area contributed by atoms with Crippen LogP contribution >= 0.6 is 46.4 Å². The highest BCUT2D eigenvalue weighted by atomic mass is 35.5. The molecule has 20 heteroatoms. The molecule has 710 valence electrons. The Kier molecular flexibility index (Phi) is 44.5. The molecule has 0 fully saturated rings. The van der Waals surface area contributed by atoms with E-state index < -0.39 is 12.5 Å². The number of benzene rings is 8. The van der Waals surface area contributed by atoms with Crippen LogP contribution in [0.1, 0.15) is 301 Å². The molecule has 17 rings (SSSR count). The average Bonchev–Trinajstić information content (AvgIpc) is 0.775. The number of nitrogens with zero attached hydrogens (tertiary/aromatic N) is 5. The molecule has 0 saturated heterocycles. The van der Waals surface area contributed by atoms with Crippen LogP contribution in [-0.2, 0) is 19.3 Å². The van der Waals surface area contributed by atoms with Gasteiger partial charge in [0.2, 0.25) is 0 Å². The first kappa shape index (κ1) is 112. The molecule has 0 unspecified atom stereocenters. The largest absolute Gasteiger partial charge is 0.493 e. The molecule has 14 nitrogen and oxygen atoms in total. The van der Waals surface area contributed by atoms with Crippen molar-refractivity contribution in [1.29, 1.82) is 0 Å². The number of rotatable bonds is 10. The van der Waals surface area contributed by atoms with Crippen LogP contribution in [0.2, 0.25) is 20.1 Å². The lowest BCUT2D eigenvalue weighted by molar-refractivity contribution is -0.0514. The van der Waals surface area contributed by atoms with Crippen molar-refractivity contribution >= 4 is 85.7 Å². The third-order valence-electron chi connectivity index (χ3n) is 23.7. The van der Waals surface area contributed by atoms with Gasteiger partial charge in [0.15, 0.2) is 6.61 Å². The molecule has 128 heavy (non-hydrogen) atoms. The first-order valence-electron chi connectivity index (χ1n) is 44.2. The second-order valence-electron chi connectivity index (χ2n) is 35.1. The van der Waals surface area contributed by atoms with E-state index in [4.69, 9.17) is 84.3 Å². The van der Waals surface area contributed by atoms with Gasteiger partial charge in [0, 0.05) is 63.7 Å². The number of aromatic nitrogens is 1. The Balaban J connectivity index is 0.000000305. The van der Waals surface area contributed by atoms with Crippen molar-refractivity contribution in [3.05, 3.63) is 207 Å². The van der Waals surface area contributed by atoms with Crippen LogP contribution in [0, 0.1) is 20.8 Å². The highest BCUT2D eigenvalue weighted by molar-refractivity contribution is 6.35. The Labute approximate surface area is 792 Å². The number of pyridine rings is 1. The summed E-state index contributed by atoms with van der Waals surface area (Å²) in [5, 5.41) is 7.56. The zero-order chi connectivity index (χ0) is 88.7. The van der Waals surface area contributed by atoms with Crippen molar-refractivity contribution in [3.8, 4) is 46.0 Å². The van der Waals surface area contributed by atoms with Gasteiger partial charge in [-0.25, -0.2) is 8.78 Å². The summed E-state index contributed by atoms with van der Waals surface area (Å²) < 4.78 is 70.9. The predicted octanol–water partition coefficient (Wildman–Crippen LogP) is 31.1. The van der Waals surface area contributed by atoms with Gasteiger partial charge in [-0.1, -0.05) is 256 Å². The van der Waals surface area contributed by atoms with Crippen LogP contribution in [0.5, 0.6) is 46.0 Å². The van der Waals surface area contributed by atoms with Crippen molar-refractivity contribution in [3.63, 3.8) is 0 Å². The molecule has 0 atom stereocenters. The minimum atomic E-state index is -2.81. The molecular weight excluding hydrogens is 1690 g/mol. The van der Waals surface area contributed by atoms with Gasteiger partial charge >= 0.3 is 0 Å². The Bertz CT molecular complexity index is 4800. The van der Waals surface area contributed by atoms with E-state index >= 15 is 0 Å². The normalized spacial score (nSPS) is 14.6. The standard InChI is InChI=1S/C14H15NO.C14H21NO.C13H18ClNO.C13H19NO.C12H13ClF2O.C12H16ClNO.C12H15ClO.C12H17NO.6CH4/c1-9(2)11-3-4-12-13-10(6-8-16-12)5-7-15-14(11)13;1-5-15-8-9-16-13-7-6-12(10(2)3)11(4)14(13)15;1-4-15-7-8-16-11-6-5-10(9(2)3)12(14)13(11)15;1-9(2)11-5-6-12-13(10(11)3)14(4)7-8-15-12;1-7(2)8-3-4-10-9(11(8)13)5-12(14,15)6-16-10;1-8(2)9-4-5-10-12(11(9)13)14(3)6-7-15-10;1-8(2)10-6-5-9-4-3-7-14-12(9)11(10)13;1-8(2)10-4-5-11-12(9(10)3)13-6-7-14-11;;;;;;/h3-5,7,9H,6,8H2,1-2H3;6-7,10H,5,8-9H2,1-4H3;5-6,9H,4,7-8H2,1-3H3;5-6,9H,7-8H2,1-4H3;3-4,7H,5-6H2,1-2H3;4-5,8H,6-7H2,1-3H3;5-6,8H,3-4,7H2,1-2H3;4-5,8,13H,6-7H2,1-3H3;6*1H4. The first-order chi connectivity index (χ1) is 58.1. The van der Waals surface area contributed by atoms with Gasteiger partial charge in [0.1, 0.15) is 79.0 Å². The molecule has 0 bridgehead atoms. The van der Waals surface area contributed by atoms with Crippen molar-refractivity contribution < 1.29 is 46.7 Å². The molecule has 1 aromatic heterocycles. The summed E-state index contributed by atoms with van der Waals surface area (Å²) in [4.78, 5) is 13.7. The minimum absolute atomic E-state index is 0. The maximum absolute atomic E-state index is 13.2. The number of fused-ring (bicyclic) bond motifs is 7. The van der Waals surface area contributed by atoms with E-state index in [2.05, 4.69) is 254 Å². The molecule has 0 saturated carbocycles. The Morgan fingerprint density at radius 1 is 0.375 bits per heavy atom. The Morgan fingerprint density at radius 2 is 0.766 bits per heavy atom. The molecule has 8 aliphatic heterocycles. The van der Waals surface area contributed by atoms with E-state index in [0.717, 1.165) is 189 Å². The third kappa shape index (κ3) is 26.7. The summed E-state index contributed by atoms with van der Waals surface area (Å²) in [5.41, 5.74) is 24.2. The number of halogens is 6. The van der Waals surface area contributed by atoms with Crippen molar-refractivity contribution in [2.45, 2.75) is 269 Å². The zero-order valence-electron chi connectivity index (χ0n) is 76.7. The van der Waals surface area contributed by atoms with Crippen LogP contribution in [0.15, 0.2) is 109 Å². The molecular formula is C108H158Cl4F2N6O8. The van der Waals surface area contributed by atoms with Gasteiger partial charge in [0.25, 0.3) is 5.92 Å². The molecule has 8 aliphatic rings. The number of aryl methyl sites for hydroxylation is 1. The summed E-state index contributed by atoms with van der Waals surface area (Å²) in [6, 6.07) is 35.3. The topological polar surface area (TPSA) is 112 Å². The van der Waals surface area contributed by atoms with Crippen LogP contribution in [0.4, 0.5) is 37.2 Å². The van der Waals surface area contributed by atoms with Crippen molar-refractivity contribution in [2.24, 2.45) is 0 Å². The highest BCUT2D eigenvalue weighted by Gasteiger charge is 2.38. The number of hydrogen-bond donors (Lipinski definition) is 1. The fraction of sp³-hybridized carbons (Fsp3) is 0.528. The van der Waals surface area contributed by atoms with Crippen molar-refractivity contribution in [1.82, 2.24) is 4.98 Å². The number of anilines is 5. The van der Waals surface area contributed by atoms with Crippen molar-refractivity contribution in [2.75, 3.05) is 138 Å². The first-order valence-corrected chi connectivity index (χ1v) is 45.7. The van der Waals surface area contributed by atoms with Gasteiger partial charge in [-0.2, -0.15) is 0 Å².